The van der Waals surface area contributed by atoms with Crippen molar-refractivity contribution >= 4 is 17.3 Å². The molecule has 3 nitrogen and oxygen atoms in total. The first-order valence-corrected chi connectivity index (χ1v) is 8.09. The number of allylic oxidation sites excluding steroid dienone is 3. The first-order chi connectivity index (χ1) is 10.8. The zero-order chi connectivity index (χ0) is 17.0. The van der Waals surface area contributed by atoms with Gasteiger partial charge in [-0.1, -0.05) is 57.2 Å². The van der Waals surface area contributed by atoms with Crippen molar-refractivity contribution in [1.82, 2.24) is 0 Å². The van der Waals surface area contributed by atoms with Crippen LogP contribution in [0, 0.1) is 5.41 Å². The SMILES string of the molecule is CC(C)(C)C=CCCCCC1=C(O)c2ccccc2C(=O)C1=O. The lowest BCUT2D eigenvalue weighted by Gasteiger charge is -2.17. The topological polar surface area (TPSA) is 54.4 Å². The molecule has 0 aliphatic heterocycles. The van der Waals surface area contributed by atoms with Crippen LogP contribution in [-0.2, 0) is 4.79 Å². The number of ketones is 2. The van der Waals surface area contributed by atoms with Crippen molar-refractivity contribution in [3.05, 3.63) is 53.1 Å². The molecule has 3 heteroatoms. The Kier molecular flexibility index (Phi) is 5.19. The van der Waals surface area contributed by atoms with E-state index in [2.05, 4.69) is 32.9 Å². The Labute approximate surface area is 137 Å². The predicted octanol–water partition coefficient (Wildman–Crippen LogP) is 4.88. The van der Waals surface area contributed by atoms with Gasteiger partial charge in [0.1, 0.15) is 5.76 Å². The fraction of sp³-hybridized carbons (Fsp3) is 0.400. The Bertz CT molecular complexity index is 672. The molecule has 1 aromatic rings. The minimum Gasteiger partial charge on any atom is -0.507 e. The van der Waals surface area contributed by atoms with Gasteiger partial charge in [-0.15, -0.1) is 0 Å². The van der Waals surface area contributed by atoms with Crippen LogP contribution in [-0.4, -0.2) is 16.7 Å². The summed E-state index contributed by atoms with van der Waals surface area (Å²) < 4.78 is 0. The van der Waals surface area contributed by atoms with Crippen LogP contribution in [0.5, 0.6) is 0 Å². The zero-order valence-corrected chi connectivity index (χ0v) is 14.1. The van der Waals surface area contributed by atoms with Gasteiger partial charge in [-0.25, -0.2) is 0 Å². The van der Waals surface area contributed by atoms with E-state index in [0.29, 0.717) is 17.5 Å². The highest BCUT2D eigenvalue weighted by molar-refractivity contribution is 6.52. The molecular formula is C20H24O3. The summed E-state index contributed by atoms with van der Waals surface area (Å²) in [6.45, 7) is 6.45. The number of aliphatic hydroxyl groups is 1. The van der Waals surface area contributed by atoms with E-state index in [0.717, 1.165) is 19.3 Å². The largest absolute Gasteiger partial charge is 0.507 e. The molecule has 0 fully saturated rings. The number of benzene rings is 1. The maximum absolute atomic E-state index is 12.2. The summed E-state index contributed by atoms with van der Waals surface area (Å²) >= 11 is 0. The van der Waals surface area contributed by atoms with Gasteiger partial charge < -0.3 is 5.11 Å². The zero-order valence-electron chi connectivity index (χ0n) is 14.1. The second kappa shape index (κ2) is 6.95. The van der Waals surface area contributed by atoms with Crippen molar-refractivity contribution in [2.75, 3.05) is 0 Å². The molecule has 0 radical (unpaired) electrons. The van der Waals surface area contributed by atoms with Gasteiger partial charge in [0, 0.05) is 16.7 Å². The third-order valence-corrected chi connectivity index (χ3v) is 3.86. The van der Waals surface area contributed by atoms with Gasteiger partial charge >= 0.3 is 0 Å². The Balaban J connectivity index is 2.01. The lowest BCUT2D eigenvalue weighted by Crippen LogP contribution is -2.24. The number of fused-ring (bicyclic) bond motifs is 1. The van der Waals surface area contributed by atoms with Crippen LogP contribution < -0.4 is 0 Å². The highest BCUT2D eigenvalue weighted by Gasteiger charge is 2.31. The minimum atomic E-state index is -0.563. The maximum atomic E-state index is 12.2. The Morgan fingerprint density at radius 1 is 1.00 bits per heavy atom. The lowest BCUT2D eigenvalue weighted by atomic mass is 9.86. The molecule has 0 heterocycles. The Hall–Kier alpha value is -2.16. The molecule has 1 aliphatic carbocycles. The molecule has 0 spiro atoms. The summed E-state index contributed by atoms with van der Waals surface area (Å²) in [6.07, 6.45) is 7.40. The molecule has 0 saturated carbocycles. The molecule has 0 atom stereocenters. The number of aliphatic hydroxyl groups excluding tert-OH is 1. The molecule has 122 valence electrons. The molecule has 0 unspecified atom stereocenters. The second-order valence-electron chi connectivity index (χ2n) is 7.05. The fourth-order valence-electron chi connectivity index (χ4n) is 2.65. The van der Waals surface area contributed by atoms with E-state index in [-0.39, 0.29) is 16.7 Å². The molecule has 0 saturated heterocycles. The third kappa shape index (κ3) is 4.19. The van der Waals surface area contributed by atoms with Gasteiger partial charge in [0.25, 0.3) is 0 Å². The first-order valence-electron chi connectivity index (χ1n) is 8.09. The molecule has 0 bridgehead atoms. The third-order valence-electron chi connectivity index (χ3n) is 3.86. The van der Waals surface area contributed by atoms with Gasteiger partial charge in [-0.2, -0.15) is 0 Å². The van der Waals surface area contributed by atoms with E-state index in [1.165, 1.54) is 0 Å². The van der Waals surface area contributed by atoms with Crippen LogP contribution in [0.1, 0.15) is 62.4 Å². The molecule has 1 N–H and O–H groups in total. The number of carbonyl (C=O) groups is 2. The van der Waals surface area contributed by atoms with Crippen molar-refractivity contribution in [2.24, 2.45) is 5.41 Å². The number of hydrogen-bond acceptors (Lipinski definition) is 3. The number of rotatable bonds is 5. The highest BCUT2D eigenvalue weighted by Crippen LogP contribution is 2.30. The van der Waals surface area contributed by atoms with Crippen molar-refractivity contribution in [3.63, 3.8) is 0 Å². The fourth-order valence-corrected chi connectivity index (χ4v) is 2.65. The Morgan fingerprint density at radius 2 is 1.65 bits per heavy atom. The van der Waals surface area contributed by atoms with Crippen LogP contribution >= 0.6 is 0 Å². The van der Waals surface area contributed by atoms with Crippen LogP contribution in [0.15, 0.2) is 42.0 Å². The molecule has 1 aromatic carbocycles. The minimum absolute atomic E-state index is 0.0320. The van der Waals surface area contributed by atoms with E-state index in [4.69, 9.17) is 0 Å². The summed E-state index contributed by atoms with van der Waals surface area (Å²) in [5.41, 5.74) is 1.20. The van der Waals surface area contributed by atoms with E-state index in [1.54, 1.807) is 24.3 Å². The highest BCUT2D eigenvalue weighted by atomic mass is 16.3. The molecular weight excluding hydrogens is 288 g/mol. The van der Waals surface area contributed by atoms with E-state index >= 15 is 0 Å². The number of Topliss-reactive ketones (excluding diaryl/α,β-unsaturated/α-hetero) is 2. The van der Waals surface area contributed by atoms with Crippen molar-refractivity contribution < 1.29 is 14.7 Å². The number of hydrogen-bond donors (Lipinski definition) is 1. The predicted molar refractivity (Wildman–Crippen MR) is 92.4 cm³/mol. The summed E-state index contributed by atoms with van der Waals surface area (Å²) in [4.78, 5) is 24.3. The summed E-state index contributed by atoms with van der Waals surface area (Å²) in [6, 6.07) is 6.72. The lowest BCUT2D eigenvalue weighted by molar-refractivity contribution is -0.112. The van der Waals surface area contributed by atoms with Crippen molar-refractivity contribution in [3.8, 4) is 0 Å². The average molecular weight is 312 g/mol. The van der Waals surface area contributed by atoms with E-state index in [1.807, 2.05) is 0 Å². The van der Waals surface area contributed by atoms with Crippen molar-refractivity contribution in [1.29, 1.82) is 0 Å². The first kappa shape index (κ1) is 17.2. The van der Waals surface area contributed by atoms with Crippen molar-refractivity contribution in [2.45, 2.75) is 46.5 Å². The second-order valence-corrected chi connectivity index (χ2v) is 7.05. The van der Waals surface area contributed by atoms with Crippen LogP contribution in [0.4, 0.5) is 0 Å². The standard InChI is InChI=1S/C20H24O3/c1-20(2,3)13-9-5-4-6-12-16-17(21)14-10-7-8-11-15(14)18(22)19(16)23/h7-11,13,21H,4-6,12H2,1-3H3. The van der Waals surface area contributed by atoms with Gasteiger partial charge in [0.05, 0.1) is 0 Å². The van der Waals surface area contributed by atoms with Gasteiger partial charge in [0.2, 0.25) is 11.6 Å². The molecule has 1 aliphatic rings. The quantitative estimate of drug-likeness (QED) is 0.479. The monoisotopic (exact) mass is 312 g/mol. The van der Waals surface area contributed by atoms with E-state index < -0.39 is 11.6 Å². The Morgan fingerprint density at radius 3 is 2.30 bits per heavy atom. The normalized spacial score (nSPS) is 15.4. The van der Waals surface area contributed by atoms with Crippen LogP contribution in [0.25, 0.3) is 5.76 Å². The molecule has 0 amide bonds. The van der Waals surface area contributed by atoms with Crippen LogP contribution in [0.3, 0.4) is 0 Å². The van der Waals surface area contributed by atoms with Gasteiger partial charge in [0.15, 0.2) is 0 Å². The molecule has 0 aromatic heterocycles. The van der Waals surface area contributed by atoms with Gasteiger partial charge in [-0.3, -0.25) is 9.59 Å². The number of carbonyl (C=O) groups excluding carboxylic acids is 2. The smallest absolute Gasteiger partial charge is 0.234 e. The summed E-state index contributed by atoms with van der Waals surface area (Å²) in [5.74, 6) is -1.11. The van der Waals surface area contributed by atoms with Crippen LogP contribution in [0.2, 0.25) is 0 Å². The average Bonchev–Trinajstić information content (AvgIpc) is 2.50. The molecule has 23 heavy (non-hydrogen) atoms. The maximum Gasteiger partial charge on any atom is 0.234 e. The molecule has 2 rings (SSSR count). The summed E-state index contributed by atoms with van der Waals surface area (Å²) in [7, 11) is 0. The van der Waals surface area contributed by atoms with E-state index in [9.17, 15) is 14.7 Å². The summed E-state index contributed by atoms with van der Waals surface area (Å²) in [5, 5.41) is 10.3. The number of unbranched alkanes of at least 4 members (excludes halogenated alkanes) is 2. The van der Waals surface area contributed by atoms with Gasteiger partial charge in [-0.05, 0) is 31.1 Å².